The molecule has 0 aliphatic heterocycles. The largest absolute Gasteiger partial charge is 0.329 e. The molecular formula is C20H14F2N6O2. The van der Waals surface area contributed by atoms with Gasteiger partial charge in [-0.2, -0.15) is 0 Å². The van der Waals surface area contributed by atoms with Gasteiger partial charge in [0.25, 0.3) is 5.56 Å². The molecule has 5 rings (SSSR count). The summed E-state index contributed by atoms with van der Waals surface area (Å²) >= 11 is 0. The second kappa shape index (κ2) is 6.48. The average molecular weight is 408 g/mol. The van der Waals surface area contributed by atoms with E-state index in [4.69, 9.17) is 0 Å². The maximum atomic E-state index is 14.3. The molecule has 0 aliphatic rings. The van der Waals surface area contributed by atoms with Crippen LogP contribution in [0.15, 0.2) is 58.1 Å². The highest BCUT2D eigenvalue weighted by Crippen LogP contribution is 2.25. The molecule has 0 amide bonds. The number of fused-ring (bicyclic) bond motifs is 3. The lowest BCUT2D eigenvalue weighted by Crippen LogP contribution is -2.29. The Kier molecular flexibility index (Phi) is 3.88. The zero-order chi connectivity index (χ0) is 21.0. The van der Waals surface area contributed by atoms with Crippen LogP contribution in [0.4, 0.5) is 8.78 Å². The van der Waals surface area contributed by atoms with Gasteiger partial charge in [0.05, 0.1) is 6.54 Å². The zero-order valence-corrected chi connectivity index (χ0v) is 15.6. The van der Waals surface area contributed by atoms with Crippen LogP contribution in [0.3, 0.4) is 0 Å². The molecule has 5 aromatic rings. The van der Waals surface area contributed by atoms with E-state index in [0.717, 1.165) is 0 Å². The second-order valence-electron chi connectivity index (χ2n) is 6.83. The Bertz CT molecular complexity index is 1540. The Morgan fingerprint density at radius 3 is 2.47 bits per heavy atom. The summed E-state index contributed by atoms with van der Waals surface area (Å²) in [6, 6.07) is 11.8. The molecule has 0 unspecified atom stereocenters. The van der Waals surface area contributed by atoms with E-state index in [9.17, 15) is 18.4 Å². The van der Waals surface area contributed by atoms with E-state index >= 15 is 0 Å². The molecule has 30 heavy (non-hydrogen) atoms. The highest BCUT2D eigenvalue weighted by atomic mass is 19.1. The van der Waals surface area contributed by atoms with Crippen molar-refractivity contribution in [3.05, 3.63) is 86.6 Å². The number of nitrogens with one attached hydrogen (secondary N) is 1. The molecule has 8 nitrogen and oxygen atoms in total. The van der Waals surface area contributed by atoms with Crippen molar-refractivity contribution in [3.8, 4) is 11.4 Å². The first-order valence-corrected chi connectivity index (χ1v) is 9.01. The maximum Gasteiger partial charge on any atom is 0.329 e. The van der Waals surface area contributed by atoms with Crippen LogP contribution < -0.4 is 11.2 Å². The Hall–Kier alpha value is -4.08. The first-order valence-electron chi connectivity index (χ1n) is 9.01. The second-order valence-corrected chi connectivity index (χ2v) is 6.83. The van der Waals surface area contributed by atoms with Crippen LogP contribution in [-0.2, 0) is 13.6 Å². The van der Waals surface area contributed by atoms with Gasteiger partial charge in [0.15, 0.2) is 17.0 Å². The number of H-pyrrole nitrogens is 1. The fourth-order valence-corrected chi connectivity index (χ4v) is 3.57. The van der Waals surface area contributed by atoms with Crippen molar-refractivity contribution in [2.75, 3.05) is 0 Å². The summed E-state index contributed by atoms with van der Waals surface area (Å²) in [6.07, 6.45) is 0. The van der Waals surface area contributed by atoms with E-state index in [1.165, 1.54) is 46.5 Å². The molecule has 0 atom stereocenters. The van der Waals surface area contributed by atoms with E-state index in [-0.39, 0.29) is 23.5 Å². The van der Waals surface area contributed by atoms with Crippen molar-refractivity contribution >= 4 is 16.9 Å². The van der Waals surface area contributed by atoms with Gasteiger partial charge in [-0.3, -0.25) is 18.9 Å². The number of nitrogens with zero attached hydrogens (tertiary/aromatic N) is 5. The summed E-state index contributed by atoms with van der Waals surface area (Å²) in [5, 5.41) is 8.36. The maximum absolute atomic E-state index is 14.3. The molecule has 150 valence electrons. The number of benzene rings is 2. The van der Waals surface area contributed by atoms with Gasteiger partial charge in [-0.15, -0.1) is 10.2 Å². The van der Waals surface area contributed by atoms with E-state index in [1.54, 1.807) is 22.6 Å². The van der Waals surface area contributed by atoms with Gasteiger partial charge in [-0.1, -0.05) is 18.2 Å². The van der Waals surface area contributed by atoms with E-state index in [2.05, 4.69) is 15.2 Å². The van der Waals surface area contributed by atoms with Gasteiger partial charge in [-0.25, -0.2) is 18.0 Å². The van der Waals surface area contributed by atoms with Gasteiger partial charge in [0.1, 0.15) is 11.6 Å². The minimum atomic E-state index is -0.625. The van der Waals surface area contributed by atoms with E-state index in [0.29, 0.717) is 17.0 Å². The lowest BCUT2D eigenvalue weighted by Gasteiger charge is -2.06. The fourth-order valence-electron chi connectivity index (χ4n) is 3.57. The Morgan fingerprint density at radius 1 is 1.00 bits per heavy atom. The quantitative estimate of drug-likeness (QED) is 0.495. The van der Waals surface area contributed by atoms with E-state index in [1.807, 2.05) is 0 Å². The van der Waals surface area contributed by atoms with Gasteiger partial charge >= 0.3 is 5.69 Å². The Labute approximate surface area is 166 Å². The SMILES string of the molecule is Cn1c(=O)[nH]c(=O)c2c1n1c(-c3ccc(F)cc3)nnc1n2Cc1ccccc1F. The smallest absolute Gasteiger partial charge is 0.298 e. The molecule has 2 aromatic carbocycles. The molecule has 10 heteroatoms. The van der Waals surface area contributed by atoms with Crippen LogP contribution in [0.1, 0.15) is 5.56 Å². The lowest BCUT2D eigenvalue weighted by molar-refractivity contribution is 0.602. The molecule has 0 bridgehead atoms. The molecule has 1 N–H and O–H groups in total. The van der Waals surface area contributed by atoms with Crippen molar-refractivity contribution in [1.82, 2.24) is 28.7 Å². The number of hydrogen-bond donors (Lipinski definition) is 1. The summed E-state index contributed by atoms with van der Waals surface area (Å²) < 4.78 is 32.0. The van der Waals surface area contributed by atoms with Crippen LogP contribution in [0.25, 0.3) is 28.3 Å². The predicted octanol–water partition coefficient (Wildman–Crippen LogP) is 2.06. The normalized spacial score (nSPS) is 11.6. The Balaban J connectivity index is 1.89. The topological polar surface area (TPSA) is 90.0 Å². The fraction of sp³-hybridized carbons (Fsp3) is 0.100. The minimum absolute atomic E-state index is 0.00249. The first-order chi connectivity index (χ1) is 14.5. The van der Waals surface area contributed by atoms with Gasteiger partial charge in [0, 0.05) is 18.2 Å². The van der Waals surface area contributed by atoms with Crippen molar-refractivity contribution in [2.45, 2.75) is 6.54 Å². The van der Waals surface area contributed by atoms with Crippen LogP contribution >= 0.6 is 0 Å². The first kappa shape index (κ1) is 18.0. The highest BCUT2D eigenvalue weighted by Gasteiger charge is 2.23. The molecule has 3 aromatic heterocycles. The number of halogens is 2. The molecule has 0 radical (unpaired) electrons. The van der Waals surface area contributed by atoms with Crippen molar-refractivity contribution in [1.29, 1.82) is 0 Å². The summed E-state index contributed by atoms with van der Waals surface area (Å²) in [5.41, 5.74) is 0.0438. The summed E-state index contributed by atoms with van der Waals surface area (Å²) in [4.78, 5) is 27.2. The van der Waals surface area contributed by atoms with Gasteiger partial charge in [-0.05, 0) is 30.3 Å². The third-order valence-electron chi connectivity index (χ3n) is 5.03. The van der Waals surface area contributed by atoms with Gasteiger partial charge < -0.3 is 0 Å². The number of aromatic amines is 1. The lowest BCUT2D eigenvalue weighted by atomic mass is 10.2. The summed E-state index contributed by atoms with van der Waals surface area (Å²) in [7, 11) is 1.50. The van der Waals surface area contributed by atoms with Crippen LogP contribution in [0, 0.1) is 11.6 Å². The monoisotopic (exact) mass is 408 g/mol. The van der Waals surface area contributed by atoms with E-state index < -0.39 is 22.9 Å². The number of hydrogen-bond acceptors (Lipinski definition) is 4. The third-order valence-corrected chi connectivity index (χ3v) is 5.03. The molecule has 0 saturated carbocycles. The number of rotatable bonds is 3. The molecule has 0 aliphatic carbocycles. The number of aryl methyl sites for hydroxylation is 1. The molecule has 0 fully saturated rings. The van der Waals surface area contributed by atoms with Crippen LogP contribution in [0.5, 0.6) is 0 Å². The molecular weight excluding hydrogens is 394 g/mol. The van der Waals surface area contributed by atoms with Crippen LogP contribution in [-0.4, -0.2) is 28.7 Å². The van der Waals surface area contributed by atoms with Crippen molar-refractivity contribution in [3.63, 3.8) is 0 Å². The zero-order valence-electron chi connectivity index (χ0n) is 15.6. The Morgan fingerprint density at radius 2 is 1.73 bits per heavy atom. The summed E-state index contributed by atoms with van der Waals surface area (Å²) in [5.74, 6) is -0.274. The number of aromatic nitrogens is 6. The average Bonchev–Trinajstić information content (AvgIpc) is 3.28. The predicted molar refractivity (Wildman–Crippen MR) is 105 cm³/mol. The third kappa shape index (κ3) is 2.57. The number of imidazole rings is 1. The molecule has 0 saturated heterocycles. The molecule has 3 heterocycles. The highest BCUT2D eigenvalue weighted by molar-refractivity contribution is 5.79. The summed E-state index contributed by atoms with van der Waals surface area (Å²) in [6.45, 7) is 0.00249. The minimum Gasteiger partial charge on any atom is -0.298 e. The standard InChI is InChI=1S/C20H14F2N6O2/c1-26-18-15(17(29)23-20(26)30)27(10-12-4-2-3-5-14(12)22)19-25-24-16(28(18)19)11-6-8-13(21)9-7-11/h2-9H,10H2,1H3,(H,23,29,30). The molecule has 0 spiro atoms. The van der Waals surface area contributed by atoms with Crippen LogP contribution in [0.2, 0.25) is 0 Å². The van der Waals surface area contributed by atoms with Gasteiger partial charge in [0.2, 0.25) is 5.78 Å². The van der Waals surface area contributed by atoms with Crippen molar-refractivity contribution < 1.29 is 8.78 Å². The van der Waals surface area contributed by atoms with Crippen molar-refractivity contribution in [2.24, 2.45) is 7.05 Å².